The number of carbonyl (C=O) groups excluding carboxylic acids is 2. The van der Waals surface area contributed by atoms with Crippen molar-refractivity contribution in [2.45, 2.75) is 18.7 Å². The van der Waals surface area contributed by atoms with E-state index >= 15 is 0 Å². The quantitative estimate of drug-likeness (QED) is 0.496. The Balaban J connectivity index is 1.63. The lowest BCUT2D eigenvalue weighted by Gasteiger charge is -2.12. The highest BCUT2D eigenvalue weighted by atomic mass is 32.2. The van der Waals surface area contributed by atoms with Gasteiger partial charge in [-0.15, -0.1) is 0 Å². The average molecular weight is 456 g/mol. The van der Waals surface area contributed by atoms with Crippen molar-refractivity contribution in [2.75, 3.05) is 16.6 Å². The molecule has 7 nitrogen and oxygen atoms in total. The maximum atomic E-state index is 13.0. The van der Waals surface area contributed by atoms with E-state index in [-0.39, 0.29) is 23.0 Å². The van der Waals surface area contributed by atoms with Crippen molar-refractivity contribution in [3.8, 4) is 5.75 Å². The van der Waals surface area contributed by atoms with E-state index in [9.17, 15) is 22.4 Å². The molecule has 0 unspecified atom stereocenters. The molecule has 0 radical (unpaired) electrons. The fourth-order valence-corrected chi connectivity index (χ4v) is 3.98. The first-order valence-corrected chi connectivity index (χ1v) is 11.0. The number of anilines is 2. The summed E-state index contributed by atoms with van der Waals surface area (Å²) in [5.74, 6) is -0.670. The summed E-state index contributed by atoms with van der Waals surface area (Å²) >= 11 is 0. The van der Waals surface area contributed by atoms with E-state index in [4.69, 9.17) is 4.74 Å². The Labute approximate surface area is 185 Å². The van der Waals surface area contributed by atoms with E-state index in [2.05, 4.69) is 10.0 Å². The van der Waals surface area contributed by atoms with Crippen LogP contribution in [0.5, 0.6) is 5.75 Å². The minimum absolute atomic E-state index is 0.00262. The maximum absolute atomic E-state index is 13.0. The molecule has 3 aromatic carbocycles. The standard InChI is InChI=1S/C23H21FN2O5S/c1-15-12-21(32(29,30)26-19-8-6-18(24)7-9-19)10-11-22(15)31-14-23(28)25-20-5-3-4-17(13-20)16(2)27/h3-13,26H,14H2,1-2H3,(H,25,28). The molecule has 0 aromatic heterocycles. The van der Waals surface area contributed by atoms with Crippen LogP contribution in [0.15, 0.2) is 71.6 Å². The van der Waals surface area contributed by atoms with Gasteiger partial charge in [-0.2, -0.15) is 0 Å². The largest absolute Gasteiger partial charge is 0.483 e. The summed E-state index contributed by atoms with van der Waals surface area (Å²) in [5.41, 5.74) is 1.69. The zero-order valence-electron chi connectivity index (χ0n) is 17.4. The van der Waals surface area contributed by atoms with Gasteiger partial charge < -0.3 is 10.1 Å². The smallest absolute Gasteiger partial charge is 0.262 e. The first kappa shape index (κ1) is 23.0. The van der Waals surface area contributed by atoms with Gasteiger partial charge in [-0.1, -0.05) is 12.1 Å². The second kappa shape index (κ2) is 9.61. The topological polar surface area (TPSA) is 102 Å². The van der Waals surface area contributed by atoms with Crippen LogP contribution in [0, 0.1) is 12.7 Å². The molecule has 0 aliphatic heterocycles. The minimum atomic E-state index is -3.88. The van der Waals surface area contributed by atoms with Crippen LogP contribution in [-0.2, 0) is 14.8 Å². The highest BCUT2D eigenvalue weighted by molar-refractivity contribution is 7.92. The van der Waals surface area contributed by atoms with Crippen molar-refractivity contribution in [1.29, 1.82) is 0 Å². The predicted octanol–water partition coefficient (Wildman–Crippen LogP) is 4.16. The number of carbonyl (C=O) groups is 2. The van der Waals surface area contributed by atoms with E-state index in [1.54, 1.807) is 31.2 Å². The summed E-state index contributed by atoms with van der Waals surface area (Å²) in [5, 5.41) is 2.65. The minimum Gasteiger partial charge on any atom is -0.483 e. The van der Waals surface area contributed by atoms with Crippen molar-refractivity contribution in [3.63, 3.8) is 0 Å². The third kappa shape index (κ3) is 5.92. The molecule has 166 valence electrons. The summed E-state index contributed by atoms with van der Waals surface area (Å²) < 4.78 is 46.0. The highest BCUT2D eigenvalue weighted by Gasteiger charge is 2.16. The molecule has 0 saturated heterocycles. The number of Topliss-reactive ketones (excluding diaryl/α,β-unsaturated/α-hetero) is 1. The molecule has 9 heteroatoms. The second-order valence-corrected chi connectivity index (χ2v) is 8.70. The third-order valence-corrected chi connectivity index (χ3v) is 5.84. The lowest BCUT2D eigenvalue weighted by molar-refractivity contribution is -0.118. The normalized spacial score (nSPS) is 11.0. The van der Waals surface area contributed by atoms with Gasteiger partial charge in [-0.25, -0.2) is 12.8 Å². The average Bonchev–Trinajstić information content (AvgIpc) is 2.74. The fraction of sp³-hybridized carbons (Fsp3) is 0.130. The summed E-state index contributed by atoms with van der Waals surface area (Å²) in [6.45, 7) is 2.79. The third-order valence-electron chi connectivity index (χ3n) is 4.46. The summed E-state index contributed by atoms with van der Waals surface area (Å²) in [7, 11) is -3.88. The summed E-state index contributed by atoms with van der Waals surface area (Å²) in [4.78, 5) is 23.6. The van der Waals surface area contributed by atoms with Gasteiger partial charge in [0, 0.05) is 16.9 Å². The zero-order chi connectivity index (χ0) is 23.3. The van der Waals surface area contributed by atoms with Gasteiger partial charge in [-0.3, -0.25) is 14.3 Å². The van der Waals surface area contributed by atoms with Crippen LogP contribution >= 0.6 is 0 Å². The molecular weight excluding hydrogens is 435 g/mol. The molecule has 1 amide bonds. The van der Waals surface area contributed by atoms with E-state index in [0.29, 0.717) is 22.6 Å². The van der Waals surface area contributed by atoms with E-state index in [1.807, 2.05) is 0 Å². The van der Waals surface area contributed by atoms with Crippen LogP contribution in [-0.4, -0.2) is 26.7 Å². The summed E-state index contributed by atoms with van der Waals surface area (Å²) in [6, 6.07) is 15.7. The van der Waals surface area contributed by atoms with Crippen LogP contribution in [0.3, 0.4) is 0 Å². The molecule has 2 N–H and O–H groups in total. The Hall–Kier alpha value is -3.72. The van der Waals surface area contributed by atoms with E-state index in [0.717, 1.165) is 12.1 Å². The van der Waals surface area contributed by atoms with Gasteiger partial charge in [0.25, 0.3) is 15.9 Å². The molecule has 0 atom stereocenters. The van der Waals surface area contributed by atoms with Gasteiger partial charge in [0.2, 0.25) is 0 Å². The number of halogens is 1. The van der Waals surface area contributed by atoms with E-state index in [1.165, 1.54) is 37.3 Å². The molecule has 3 aromatic rings. The molecule has 0 aliphatic carbocycles. The Bertz CT molecular complexity index is 1260. The van der Waals surface area contributed by atoms with Crippen LogP contribution in [0.25, 0.3) is 0 Å². The summed E-state index contributed by atoms with van der Waals surface area (Å²) in [6.07, 6.45) is 0. The lowest BCUT2D eigenvalue weighted by atomic mass is 10.1. The van der Waals surface area contributed by atoms with Crippen molar-refractivity contribution < 1.29 is 27.1 Å². The molecule has 0 saturated carbocycles. The van der Waals surface area contributed by atoms with Crippen LogP contribution in [0.2, 0.25) is 0 Å². The Morgan fingerprint density at radius 2 is 1.69 bits per heavy atom. The number of ether oxygens (including phenoxy) is 1. The molecule has 0 bridgehead atoms. The molecule has 0 heterocycles. The zero-order valence-corrected chi connectivity index (χ0v) is 18.2. The fourth-order valence-electron chi connectivity index (χ4n) is 2.84. The number of rotatable bonds is 8. The molecule has 32 heavy (non-hydrogen) atoms. The molecule has 0 fully saturated rings. The highest BCUT2D eigenvalue weighted by Crippen LogP contribution is 2.24. The number of hydrogen-bond acceptors (Lipinski definition) is 5. The lowest BCUT2D eigenvalue weighted by Crippen LogP contribution is -2.20. The second-order valence-electron chi connectivity index (χ2n) is 7.01. The van der Waals surface area contributed by atoms with Gasteiger partial charge in [0.15, 0.2) is 12.4 Å². The Morgan fingerprint density at radius 3 is 2.34 bits per heavy atom. The number of hydrogen-bond donors (Lipinski definition) is 2. The number of amides is 1. The van der Waals surface area contributed by atoms with Gasteiger partial charge in [0.05, 0.1) is 4.90 Å². The van der Waals surface area contributed by atoms with Crippen LogP contribution < -0.4 is 14.8 Å². The number of aryl methyl sites for hydroxylation is 1. The van der Waals surface area contributed by atoms with Crippen LogP contribution in [0.4, 0.5) is 15.8 Å². The van der Waals surface area contributed by atoms with Crippen molar-refractivity contribution in [3.05, 3.63) is 83.7 Å². The number of benzene rings is 3. The van der Waals surface area contributed by atoms with Crippen molar-refractivity contribution >= 4 is 33.1 Å². The van der Waals surface area contributed by atoms with Crippen molar-refractivity contribution in [2.24, 2.45) is 0 Å². The molecule has 0 spiro atoms. The van der Waals surface area contributed by atoms with Gasteiger partial charge >= 0.3 is 0 Å². The Kier molecular flexibility index (Phi) is 6.89. The predicted molar refractivity (Wildman–Crippen MR) is 119 cm³/mol. The molecule has 3 rings (SSSR count). The van der Waals surface area contributed by atoms with E-state index < -0.39 is 21.7 Å². The van der Waals surface area contributed by atoms with Gasteiger partial charge in [0.1, 0.15) is 11.6 Å². The first-order valence-electron chi connectivity index (χ1n) is 9.57. The number of sulfonamides is 1. The molecular formula is C23H21FN2O5S. The Morgan fingerprint density at radius 1 is 0.969 bits per heavy atom. The first-order chi connectivity index (χ1) is 15.1. The molecule has 0 aliphatic rings. The SMILES string of the molecule is CC(=O)c1cccc(NC(=O)COc2ccc(S(=O)(=O)Nc3ccc(F)cc3)cc2C)c1. The number of ketones is 1. The monoisotopic (exact) mass is 456 g/mol. The number of nitrogens with one attached hydrogen (secondary N) is 2. The maximum Gasteiger partial charge on any atom is 0.262 e. The van der Waals surface area contributed by atoms with Crippen molar-refractivity contribution in [1.82, 2.24) is 0 Å². The van der Waals surface area contributed by atoms with Crippen LogP contribution in [0.1, 0.15) is 22.8 Å². The van der Waals surface area contributed by atoms with Gasteiger partial charge in [-0.05, 0) is 74.0 Å².